The molecule has 1 aliphatic rings. The number of alkyl halides is 2. The fraction of sp³-hybridized carbons (Fsp3) is 0.321. The van der Waals surface area contributed by atoms with Gasteiger partial charge in [0.15, 0.2) is 0 Å². The van der Waals surface area contributed by atoms with Crippen molar-refractivity contribution in [3.63, 3.8) is 0 Å². The van der Waals surface area contributed by atoms with E-state index in [1.54, 1.807) is 29.6 Å². The van der Waals surface area contributed by atoms with E-state index in [0.29, 0.717) is 18.8 Å². The summed E-state index contributed by atoms with van der Waals surface area (Å²) in [6.07, 6.45) is 5.08. The molecule has 5 nitrogen and oxygen atoms in total. The van der Waals surface area contributed by atoms with Crippen molar-refractivity contribution in [3.05, 3.63) is 89.6 Å². The van der Waals surface area contributed by atoms with Crippen LogP contribution >= 0.6 is 0 Å². The third-order valence-corrected chi connectivity index (χ3v) is 6.62. The predicted octanol–water partition coefficient (Wildman–Crippen LogP) is 6.07. The molecule has 1 aliphatic heterocycles. The Morgan fingerprint density at radius 3 is 2.63 bits per heavy atom. The first-order valence-corrected chi connectivity index (χ1v) is 11.6. The lowest BCUT2D eigenvalue weighted by Crippen LogP contribution is -2.26. The van der Waals surface area contributed by atoms with E-state index in [1.165, 1.54) is 0 Å². The minimum absolute atomic E-state index is 0.0903. The second kappa shape index (κ2) is 9.55. The summed E-state index contributed by atoms with van der Waals surface area (Å²) < 4.78 is 27.2. The smallest absolute Gasteiger partial charge is 0.261 e. The molecule has 0 aliphatic carbocycles. The monoisotopic (exact) mass is 473 g/mol. The standard InChI is InChI=1S/C28H29F2N5/c1-19-5-6-22(23-11-21(14-32-15-23)17-35-10-9-28(29,30)18-35)12-26(19)27(3,4)20(2)34-25-8-7-24(13-31)33-16-25/h5-8,11-12,14-16,34H,2,9-10,17-18H2,1,3-4H3. The molecule has 0 radical (unpaired) electrons. The minimum atomic E-state index is -2.60. The number of halogens is 2. The molecule has 1 aromatic carbocycles. The van der Waals surface area contributed by atoms with Gasteiger partial charge in [0.1, 0.15) is 11.8 Å². The topological polar surface area (TPSA) is 64.8 Å². The molecule has 7 heteroatoms. The summed E-state index contributed by atoms with van der Waals surface area (Å²) in [6, 6.07) is 13.8. The van der Waals surface area contributed by atoms with Gasteiger partial charge in [-0.15, -0.1) is 0 Å². The van der Waals surface area contributed by atoms with E-state index in [2.05, 4.69) is 60.8 Å². The molecule has 3 aromatic rings. The summed E-state index contributed by atoms with van der Waals surface area (Å²) in [6.45, 7) is 11.2. The zero-order chi connectivity index (χ0) is 25.2. The number of likely N-dealkylation sites (tertiary alicyclic amines) is 1. The van der Waals surface area contributed by atoms with E-state index in [9.17, 15) is 8.78 Å². The van der Waals surface area contributed by atoms with Gasteiger partial charge in [0, 0.05) is 48.6 Å². The number of nitrogens with one attached hydrogen (secondary N) is 1. The first kappa shape index (κ1) is 24.5. The summed E-state index contributed by atoms with van der Waals surface area (Å²) in [5.74, 6) is -2.60. The van der Waals surface area contributed by atoms with Crippen LogP contribution < -0.4 is 5.32 Å². The molecule has 1 saturated heterocycles. The van der Waals surface area contributed by atoms with Crippen LogP contribution in [0.3, 0.4) is 0 Å². The van der Waals surface area contributed by atoms with Gasteiger partial charge in [-0.1, -0.05) is 32.6 Å². The maximum atomic E-state index is 13.6. The fourth-order valence-electron chi connectivity index (χ4n) is 4.43. The lowest BCUT2D eigenvalue weighted by atomic mass is 9.78. The Labute approximate surface area is 205 Å². The number of benzene rings is 1. The van der Waals surface area contributed by atoms with Crippen molar-refractivity contribution in [2.45, 2.75) is 45.1 Å². The number of nitriles is 1. The van der Waals surface area contributed by atoms with E-state index >= 15 is 0 Å². The molecule has 0 amide bonds. The number of rotatable bonds is 7. The normalized spacial score (nSPS) is 15.5. The summed E-state index contributed by atoms with van der Waals surface area (Å²) in [5.41, 5.74) is 6.61. The lowest BCUT2D eigenvalue weighted by molar-refractivity contribution is 0.0115. The van der Waals surface area contributed by atoms with Gasteiger partial charge in [-0.25, -0.2) is 13.8 Å². The Kier molecular flexibility index (Phi) is 6.68. The minimum Gasteiger partial charge on any atom is -0.357 e. The highest BCUT2D eigenvalue weighted by Crippen LogP contribution is 2.36. The molecule has 1 fully saturated rings. The van der Waals surface area contributed by atoms with Crippen molar-refractivity contribution in [2.24, 2.45) is 0 Å². The molecule has 0 saturated carbocycles. The highest BCUT2D eigenvalue weighted by Gasteiger charge is 2.38. The number of hydrogen-bond acceptors (Lipinski definition) is 5. The Balaban J connectivity index is 1.56. The number of aryl methyl sites for hydroxylation is 1. The maximum Gasteiger partial charge on any atom is 0.261 e. The SMILES string of the molecule is C=C(Nc1ccc(C#N)nc1)C(C)(C)c1cc(-c2cncc(CN3CCC(F)(F)C3)c2)ccc1C. The molecular weight excluding hydrogens is 444 g/mol. The molecule has 0 unspecified atom stereocenters. The quantitative estimate of drug-likeness (QED) is 0.451. The Hall–Kier alpha value is -3.63. The van der Waals surface area contributed by atoms with Gasteiger partial charge >= 0.3 is 0 Å². The molecular formula is C28H29F2N5. The number of allylic oxidation sites excluding steroid dienone is 1. The van der Waals surface area contributed by atoms with Crippen LogP contribution in [-0.2, 0) is 12.0 Å². The van der Waals surface area contributed by atoms with Crippen molar-refractivity contribution < 1.29 is 8.78 Å². The van der Waals surface area contributed by atoms with Gasteiger partial charge in [0.25, 0.3) is 5.92 Å². The van der Waals surface area contributed by atoms with Crippen LogP contribution in [-0.4, -0.2) is 33.9 Å². The van der Waals surface area contributed by atoms with Gasteiger partial charge in [0.05, 0.1) is 18.4 Å². The first-order chi connectivity index (χ1) is 16.6. The molecule has 180 valence electrons. The number of pyridine rings is 2. The maximum absolute atomic E-state index is 13.6. The zero-order valence-corrected chi connectivity index (χ0v) is 20.3. The Morgan fingerprint density at radius 1 is 1.17 bits per heavy atom. The number of anilines is 1. The van der Waals surface area contributed by atoms with E-state index in [0.717, 1.165) is 39.2 Å². The second-order valence-corrected chi connectivity index (χ2v) is 9.70. The number of hydrogen-bond donors (Lipinski definition) is 1. The summed E-state index contributed by atoms with van der Waals surface area (Å²) >= 11 is 0. The second-order valence-electron chi connectivity index (χ2n) is 9.70. The van der Waals surface area contributed by atoms with Crippen LogP contribution in [0.25, 0.3) is 11.1 Å². The zero-order valence-electron chi connectivity index (χ0n) is 20.3. The highest BCUT2D eigenvalue weighted by molar-refractivity contribution is 5.66. The van der Waals surface area contributed by atoms with Crippen molar-refractivity contribution in [1.29, 1.82) is 5.26 Å². The first-order valence-electron chi connectivity index (χ1n) is 11.6. The third kappa shape index (κ3) is 5.55. The molecule has 2 aromatic heterocycles. The van der Waals surface area contributed by atoms with E-state index in [-0.39, 0.29) is 13.0 Å². The Bertz CT molecular complexity index is 1280. The van der Waals surface area contributed by atoms with Crippen molar-refractivity contribution in [2.75, 3.05) is 18.4 Å². The summed E-state index contributed by atoms with van der Waals surface area (Å²) in [5, 5.41) is 12.3. The van der Waals surface area contributed by atoms with Crippen LogP contribution in [0.2, 0.25) is 0 Å². The molecule has 4 rings (SSSR count). The largest absolute Gasteiger partial charge is 0.357 e. The fourth-order valence-corrected chi connectivity index (χ4v) is 4.43. The van der Waals surface area contributed by atoms with Crippen LogP contribution in [0, 0.1) is 18.3 Å². The average Bonchev–Trinajstić information content (AvgIpc) is 3.17. The van der Waals surface area contributed by atoms with E-state index in [4.69, 9.17) is 5.26 Å². The van der Waals surface area contributed by atoms with Gasteiger partial charge in [-0.3, -0.25) is 9.88 Å². The van der Waals surface area contributed by atoms with Crippen LogP contribution in [0.5, 0.6) is 0 Å². The Morgan fingerprint density at radius 2 is 1.97 bits per heavy atom. The lowest BCUT2D eigenvalue weighted by Gasteiger charge is -2.31. The summed E-state index contributed by atoms with van der Waals surface area (Å²) in [4.78, 5) is 10.3. The summed E-state index contributed by atoms with van der Waals surface area (Å²) in [7, 11) is 0. The van der Waals surface area contributed by atoms with Crippen LogP contribution in [0.1, 0.15) is 42.7 Å². The van der Waals surface area contributed by atoms with Gasteiger partial charge < -0.3 is 5.32 Å². The highest BCUT2D eigenvalue weighted by atomic mass is 19.3. The average molecular weight is 474 g/mol. The van der Waals surface area contributed by atoms with Crippen LogP contribution in [0.4, 0.5) is 14.5 Å². The molecule has 0 spiro atoms. The van der Waals surface area contributed by atoms with Crippen molar-refractivity contribution >= 4 is 5.69 Å². The van der Waals surface area contributed by atoms with Gasteiger partial charge in [0.2, 0.25) is 0 Å². The molecule has 0 atom stereocenters. The number of aromatic nitrogens is 2. The van der Waals surface area contributed by atoms with Gasteiger partial charge in [-0.2, -0.15) is 5.26 Å². The number of nitrogens with zero attached hydrogens (tertiary/aromatic N) is 4. The third-order valence-electron chi connectivity index (χ3n) is 6.62. The van der Waals surface area contributed by atoms with Crippen molar-refractivity contribution in [1.82, 2.24) is 14.9 Å². The molecule has 3 heterocycles. The predicted molar refractivity (Wildman–Crippen MR) is 134 cm³/mol. The van der Waals surface area contributed by atoms with Crippen molar-refractivity contribution in [3.8, 4) is 17.2 Å². The van der Waals surface area contributed by atoms with E-state index in [1.807, 2.05) is 18.2 Å². The van der Waals surface area contributed by atoms with Crippen LogP contribution in [0.15, 0.2) is 67.3 Å². The molecule has 1 N–H and O–H groups in total. The van der Waals surface area contributed by atoms with E-state index < -0.39 is 11.3 Å². The molecule has 0 bridgehead atoms. The van der Waals surface area contributed by atoms with Gasteiger partial charge in [-0.05, 0) is 53.4 Å². The molecule has 35 heavy (non-hydrogen) atoms.